The van der Waals surface area contributed by atoms with Crippen molar-refractivity contribution < 1.29 is 4.79 Å². The van der Waals surface area contributed by atoms with Crippen molar-refractivity contribution in [2.24, 2.45) is 0 Å². The number of carbonyl (C=O) groups is 1. The highest BCUT2D eigenvalue weighted by molar-refractivity contribution is 5.88. The average molecular weight is 404 g/mol. The van der Waals surface area contributed by atoms with E-state index >= 15 is 0 Å². The number of nitrogens with one attached hydrogen (secondary N) is 2. The van der Waals surface area contributed by atoms with E-state index < -0.39 is 5.54 Å². The van der Waals surface area contributed by atoms with Crippen molar-refractivity contribution >= 4 is 5.91 Å². The van der Waals surface area contributed by atoms with Crippen molar-refractivity contribution in [1.82, 2.24) is 25.4 Å². The van der Waals surface area contributed by atoms with Gasteiger partial charge in [-0.05, 0) is 44.0 Å². The van der Waals surface area contributed by atoms with Gasteiger partial charge in [-0.25, -0.2) is 4.98 Å². The molecule has 4 rings (SSSR count). The van der Waals surface area contributed by atoms with Crippen LogP contribution in [-0.2, 0) is 24.1 Å². The fraction of sp³-hybridized carbons (Fsp3) is 0.375. The van der Waals surface area contributed by atoms with Gasteiger partial charge in [-0.3, -0.25) is 14.8 Å². The number of aromatic amines is 1. The van der Waals surface area contributed by atoms with Gasteiger partial charge < -0.3 is 5.32 Å². The molecule has 0 fully saturated rings. The third-order valence-corrected chi connectivity index (χ3v) is 6.17. The molecule has 1 heterocycles. The smallest absolute Gasteiger partial charge is 0.241 e. The summed E-state index contributed by atoms with van der Waals surface area (Å²) in [5, 5.41) is 10.2. The predicted molar refractivity (Wildman–Crippen MR) is 117 cm³/mol. The van der Waals surface area contributed by atoms with Gasteiger partial charge in [0.25, 0.3) is 0 Å². The van der Waals surface area contributed by atoms with Crippen LogP contribution in [0.2, 0.25) is 0 Å². The average Bonchev–Trinajstić information content (AvgIpc) is 3.37. The Balaban J connectivity index is 1.55. The summed E-state index contributed by atoms with van der Waals surface area (Å²) in [7, 11) is 2.07. The van der Waals surface area contributed by atoms with E-state index in [9.17, 15) is 4.79 Å². The van der Waals surface area contributed by atoms with E-state index in [0.717, 1.165) is 18.8 Å². The predicted octanol–water partition coefficient (Wildman–Crippen LogP) is 3.00. The largest absolute Gasteiger partial charge is 0.345 e. The van der Waals surface area contributed by atoms with Crippen molar-refractivity contribution in [1.29, 1.82) is 0 Å². The van der Waals surface area contributed by atoms with Crippen molar-refractivity contribution in [3.63, 3.8) is 0 Å². The minimum Gasteiger partial charge on any atom is -0.345 e. The molecule has 0 spiro atoms. The molecule has 2 aromatic carbocycles. The first-order chi connectivity index (χ1) is 14.5. The number of amides is 1. The number of aromatic nitrogens is 3. The summed E-state index contributed by atoms with van der Waals surface area (Å²) in [6.45, 7) is 4.59. The van der Waals surface area contributed by atoms with Gasteiger partial charge in [0.1, 0.15) is 11.4 Å². The molecule has 30 heavy (non-hydrogen) atoms. The first-order valence-electron chi connectivity index (χ1n) is 10.5. The molecular formula is C24H29N5O. The molecular weight excluding hydrogens is 374 g/mol. The van der Waals surface area contributed by atoms with Crippen molar-refractivity contribution in [3.8, 4) is 0 Å². The highest BCUT2D eigenvalue weighted by Crippen LogP contribution is 2.35. The second-order valence-electron chi connectivity index (χ2n) is 8.29. The van der Waals surface area contributed by atoms with Crippen LogP contribution in [0.1, 0.15) is 41.3 Å². The van der Waals surface area contributed by atoms with Crippen LogP contribution in [0.3, 0.4) is 0 Å². The zero-order valence-corrected chi connectivity index (χ0v) is 17.9. The van der Waals surface area contributed by atoms with Crippen molar-refractivity contribution in [3.05, 3.63) is 82.9 Å². The van der Waals surface area contributed by atoms with Crippen LogP contribution in [0.25, 0.3) is 0 Å². The van der Waals surface area contributed by atoms with Crippen LogP contribution in [0.4, 0.5) is 0 Å². The van der Waals surface area contributed by atoms with Crippen molar-refractivity contribution in [2.75, 3.05) is 13.6 Å². The first-order valence-corrected chi connectivity index (χ1v) is 10.5. The van der Waals surface area contributed by atoms with Crippen LogP contribution < -0.4 is 5.32 Å². The minimum atomic E-state index is -0.613. The summed E-state index contributed by atoms with van der Waals surface area (Å²) in [4.78, 5) is 20.3. The van der Waals surface area contributed by atoms with Crippen LogP contribution in [0.15, 0.2) is 54.6 Å². The van der Waals surface area contributed by atoms with Crippen LogP contribution in [-0.4, -0.2) is 45.1 Å². The molecule has 1 aliphatic rings. The Morgan fingerprint density at radius 3 is 2.37 bits per heavy atom. The van der Waals surface area contributed by atoms with Gasteiger partial charge in [0, 0.05) is 19.4 Å². The Morgan fingerprint density at radius 2 is 1.77 bits per heavy atom. The summed E-state index contributed by atoms with van der Waals surface area (Å²) >= 11 is 0. The highest BCUT2D eigenvalue weighted by atomic mass is 16.2. The molecule has 0 saturated heterocycles. The molecule has 0 unspecified atom stereocenters. The minimum absolute atomic E-state index is 0.0317. The fourth-order valence-electron chi connectivity index (χ4n) is 4.30. The molecule has 6 heteroatoms. The zero-order valence-electron chi connectivity index (χ0n) is 17.9. The van der Waals surface area contributed by atoms with Crippen LogP contribution >= 0.6 is 0 Å². The maximum absolute atomic E-state index is 13.7. The summed E-state index contributed by atoms with van der Waals surface area (Å²) < 4.78 is 0. The molecule has 1 amide bonds. The van der Waals surface area contributed by atoms with Gasteiger partial charge in [-0.2, -0.15) is 5.10 Å². The Kier molecular flexibility index (Phi) is 5.68. The maximum atomic E-state index is 13.7. The lowest BCUT2D eigenvalue weighted by atomic mass is 9.91. The van der Waals surface area contributed by atoms with Gasteiger partial charge in [0.05, 0.1) is 6.04 Å². The maximum Gasteiger partial charge on any atom is 0.241 e. The second kappa shape index (κ2) is 8.40. The lowest BCUT2D eigenvalue weighted by Crippen LogP contribution is -2.59. The number of fused-ring (bicyclic) bond motifs is 1. The Labute approximate surface area is 177 Å². The van der Waals surface area contributed by atoms with E-state index in [1.807, 2.05) is 19.9 Å². The summed E-state index contributed by atoms with van der Waals surface area (Å²) in [6, 6.07) is 18.5. The van der Waals surface area contributed by atoms with Crippen molar-refractivity contribution in [2.45, 2.75) is 44.7 Å². The number of aryl methyl sites for hydroxylation is 1. The first kappa shape index (κ1) is 20.3. The third kappa shape index (κ3) is 4.00. The van der Waals surface area contributed by atoms with E-state index in [-0.39, 0.29) is 11.9 Å². The molecule has 156 valence electrons. The molecule has 0 aliphatic heterocycles. The molecule has 3 aromatic rings. The van der Waals surface area contributed by atoms with Gasteiger partial charge >= 0.3 is 0 Å². The van der Waals surface area contributed by atoms with Gasteiger partial charge in [-0.1, -0.05) is 54.6 Å². The SMILES string of the molecule is Cc1nc([C@@H](C)NC(=O)C2(N(C)CCc3ccccc3)Cc3ccccc3C2)n[nH]1. The van der Waals surface area contributed by atoms with E-state index in [1.54, 1.807) is 0 Å². The molecule has 1 aromatic heterocycles. The number of H-pyrrole nitrogens is 1. The lowest BCUT2D eigenvalue weighted by Gasteiger charge is -2.38. The topological polar surface area (TPSA) is 73.9 Å². The van der Waals surface area contributed by atoms with Gasteiger partial charge in [0.15, 0.2) is 5.82 Å². The monoisotopic (exact) mass is 403 g/mol. The number of carbonyl (C=O) groups excluding carboxylic acids is 1. The van der Waals surface area contributed by atoms with Crippen LogP contribution in [0, 0.1) is 6.92 Å². The quantitative estimate of drug-likeness (QED) is 0.636. The second-order valence-corrected chi connectivity index (χ2v) is 8.29. The number of hydrogen-bond donors (Lipinski definition) is 2. The molecule has 1 aliphatic carbocycles. The number of likely N-dealkylation sites (N-methyl/N-ethyl adjacent to an activating group) is 1. The van der Waals surface area contributed by atoms with E-state index in [2.05, 4.69) is 81.0 Å². The fourth-order valence-corrected chi connectivity index (χ4v) is 4.30. The summed E-state index contributed by atoms with van der Waals surface area (Å²) in [6.07, 6.45) is 2.32. The van der Waals surface area contributed by atoms with Gasteiger partial charge in [-0.15, -0.1) is 0 Å². The molecule has 2 N–H and O–H groups in total. The molecule has 0 bridgehead atoms. The number of rotatable bonds is 7. The normalized spacial score (nSPS) is 15.7. The number of benzene rings is 2. The third-order valence-electron chi connectivity index (χ3n) is 6.17. The Hall–Kier alpha value is -2.99. The van der Waals surface area contributed by atoms with E-state index in [1.165, 1.54) is 16.7 Å². The number of hydrogen-bond acceptors (Lipinski definition) is 4. The Morgan fingerprint density at radius 1 is 1.13 bits per heavy atom. The highest BCUT2D eigenvalue weighted by Gasteiger charge is 2.47. The van der Waals surface area contributed by atoms with Crippen LogP contribution in [0.5, 0.6) is 0 Å². The standard InChI is InChI=1S/C24H29N5O/c1-17(22-26-18(2)27-28-22)25-23(30)24(15-20-11-7-8-12-21(20)16-24)29(3)14-13-19-9-5-4-6-10-19/h4-12,17H,13-16H2,1-3H3,(H,25,30)(H,26,27,28)/t17-/m1/s1. The molecule has 0 saturated carbocycles. The number of nitrogens with zero attached hydrogens (tertiary/aromatic N) is 3. The lowest BCUT2D eigenvalue weighted by molar-refractivity contribution is -0.133. The Bertz CT molecular complexity index is 988. The molecule has 1 atom stereocenters. The summed E-state index contributed by atoms with van der Waals surface area (Å²) in [5.41, 5.74) is 3.17. The summed E-state index contributed by atoms with van der Waals surface area (Å²) in [5.74, 6) is 1.39. The van der Waals surface area contributed by atoms with Gasteiger partial charge in [0.2, 0.25) is 5.91 Å². The van der Waals surface area contributed by atoms with E-state index in [0.29, 0.717) is 18.7 Å². The zero-order chi connectivity index (χ0) is 21.1. The molecule has 6 nitrogen and oxygen atoms in total. The van der Waals surface area contributed by atoms with E-state index in [4.69, 9.17) is 0 Å². The molecule has 0 radical (unpaired) electrons.